The van der Waals surface area contributed by atoms with Crippen LogP contribution in [0.3, 0.4) is 0 Å². The molecule has 0 N–H and O–H groups in total. The molecule has 1 unspecified atom stereocenters. The first-order valence-electron chi connectivity index (χ1n) is 8.48. The summed E-state index contributed by atoms with van der Waals surface area (Å²) in [5.41, 5.74) is 0.987. The predicted octanol–water partition coefficient (Wildman–Crippen LogP) is 3.53. The fourth-order valence-corrected chi connectivity index (χ4v) is 3.22. The second-order valence-electron chi connectivity index (χ2n) is 6.26. The maximum Gasteiger partial charge on any atom is 0.244 e. The number of nitrogens with zero attached hydrogens (tertiary/aromatic N) is 5. The number of hydrogen-bond donors (Lipinski definition) is 0. The molecule has 4 rings (SSSR count). The maximum absolute atomic E-state index is 14.0. The Balaban J connectivity index is 1.57. The molecule has 1 aliphatic heterocycles. The Morgan fingerprint density at radius 1 is 1.19 bits per heavy atom. The molecule has 6 nitrogen and oxygen atoms in total. The van der Waals surface area contributed by atoms with Gasteiger partial charge in [-0.15, -0.1) is 0 Å². The van der Waals surface area contributed by atoms with Crippen molar-refractivity contribution in [2.24, 2.45) is 0 Å². The van der Waals surface area contributed by atoms with Crippen LogP contribution in [0.2, 0.25) is 0 Å². The highest BCUT2D eigenvalue weighted by atomic mass is 19.1. The SMILES string of the molecule is Fc1ccc(CN2CCCCC2c2nc(-c3cnccn3)no2)c(F)c1. The number of aromatic nitrogens is 4. The largest absolute Gasteiger partial charge is 0.337 e. The van der Waals surface area contributed by atoms with E-state index in [9.17, 15) is 8.78 Å². The average Bonchev–Trinajstić information content (AvgIpc) is 3.15. The number of benzene rings is 1. The highest BCUT2D eigenvalue weighted by Crippen LogP contribution is 2.32. The summed E-state index contributed by atoms with van der Waals surface area (Å²) in [6, 6.07) is 3.56. The Morgan fingerprint density at radius 3 is 2.92 bits per heavy atom. The number of likely N-dealkylation sites (tertiary alicyclic amines) is 1. The van der Waals surface area contributed by atoms with E-state index in [2.05, 4.69) is 25.0 Å². The molecule has 1 aromatic carbocycles. The predicted molar refractivity (Wildman–Crippen MR) is 88.7 cm³/mol. The van der Waals surface area contributed by atoms with Crippen LogP contribution in [-0.4, -0.2) is 31.6 Å². The summed E-state index contributed by atoms with van der Waals surface area (Å²) in [6.07, 6.45) is 7.58. The molecule has 1 fully saturated rings. The van der Waals surface area contributed by atoms with Gasteiger partial charge in [-0.05, 0) is 25.5 Å². The number of rotatable bonds is 4. The molecule has 26 heavy (non-hydrogen) atoms. The molecule has 2 aromatic heterocycles. The first-order chi connectivity index (χ1) is 12.7. The van der Waals surface area contributed by atoms with Crippen molar-refractivity contribution in [2.45, 2.75) is 31.8 Å². The van der Waals surface area contributed by atoms with Gasteiger partial charge in [0.05, 0.1) is 12.2 Å². The van der Waals surface area contributed by atoms with Crippen molar-refractivity contribution in [3.63, 3.8) is 0 Å². The molecule has 134 valence electrons. The summed E-state index contributed by atoms with van der Waals surface area (Å²) >= 11 is 0. The minimum Gasteiger partial charge on any atom is -0.337 e. The van der Waals surface area contributed by atoms with Gasteiger partial charge in [0.15, 0.2) is 0 Å². The highest BCUT2D eigenvalue weighted by Gasteiger charge is 2.29. The molecular formula is C18H17F2N5O. The lowest BCUT2D eigenvalue weighted by Gasteiger charge is -2.33. The zero-order valence-electron chi connectivity index (χ0n) is 14.0. The number of piperidine rings is 1. The van der Waals surface area contributed by atoms with E-state index in [0.29, 0.717) is 29.5 Å². The fourth-order valence-electron chi connectivity index (χ4n) is 3.22. The van der Waals surface area contributed by atoms with Crippen molar-refractivity contribution in [3.05, 3.63) is 59.9 Å². The monoisotopic (exact) mass is 357 g/mol. The Kier molecular flexibility index (Phi) is 4.66. The van der Waals surface area contributed by atoms with Gasteiger partial charge in [0, 0.05) is 30.6 Å². The normalized spacial score (nSPS) is 18.2. The summed E-state index contributed by atoms with van der Waals surface area (Å²) in [5.74, 6) is -0.258. The van der Waals surface area contributed by atoms with Gasteiger partial charge in [-0.1, -0.05) is 17.6 Å². The minimum absolute atomic E-state index is 0.105. The highest BCUT2D eigenvalue weighted by molar-refractivity contribution is 5.45. The van der Waals surface area contributed by atoms with E-state index in [1.165, 1.54) is 12.1 Å². The van der Waals surface area contributed by atoms with Crippen molar-refractivity contribution in [1.82, 2.24) is 25.0 Å². The van der Waals surface area contributed by atoms with Crippen LogP contribution in [0.5, 0.6) is 0 Å². The van der Waals surface area contributed by atoms with Crippen LogP contribution < -0.4 is 0 Å². The van der Waals surface area contributed by atoms with Crippen LogP contribution in [0.25, 0.3) is 11.5 Å². The smallest absolute Gasteiger partial charge is 0.244 e. The Bertz CT molecular complexity index is 886. The van der Waals surface area contributed by atoms with Crippen LogP contribution in [0.15, 0.2) is 41.3 Å². The van der Waals surface area contributed by atoms with Crippen LogP contribution >= 0.6 is 0 Å². The summed E-state index contributed by atoms with van der Waals surface area (Å²) in [5, 5.41) is 3.99. The van der Waals surface area contributed by atoms with Gasteiger partial charge in [-0.2, -0.15) is 4.98 Å². The van der Waals surface area contributed by atoms with Gasteiger partial charge in [0.25, 0.3) is 0 Å². The van der Waals surface area contributed by atoms with Crippen LogP contribution in [-0.2, 0) is 6.54 Å². The van der Waals surface area contributed by atoms with Crippen molar-refractivity contribution in [2.75, 3.05) is 6.54 Å². The molecule has 8 heteroatoms. The van der Waals surface area contributed by atoms with E-state index >= 15 is 0 Å². The zero-order chi connectivity index (χ0) is 17.9. The van der Waals surface area contributed by atoms with Gasteiger partial charge in [-0.3, -0.25) is 9.88 Å². The third kappa shape index (κ3) is 3.45. The Hall–Kier alpha value is -2.74. The number of hydrogen-bond acceptors (Lipinski definition) is 6. The first-order valence-corrected chi connectivity index (χ1v) is 8.48. The van der Waals surface area contributed by atoms with Crippen molar-refractivity contribution in [3.8, 4) is 11.5 Å². The molecule has 1 saturated heterocycles. The molecule has 3 heterocycles. The molecule has 0 spiro atoms. The first kappa shape index (κ1) is 16.7. The topological polar surface area (TPSA) is 67.9 Å². The average molecular weight is 357 g/mol. The summed E-state index contributed by atoms with van der Waals surface area (Å²) in [7, 11) is 0. The van der Waals surface area contributed by atoms with E-state index in [4.69, 9.17) is 4.52 Å². The third-order valence-corrected chi connectivity index (χ3v) is 4.52. The summed E-state index contributed by atoms with van der Waals surface area (Å²) in [6.45, 7) is 1.14. The fraction of sp³-hybridized carbons (Fsp3) is 0.333. The van der Waals surface area contributed by atoms with Crippen LogP contribution in [0.4, 0.5) is 8.78 Å². The summed E-state index contributed by atoms with van der Waals surface area (Å²) in [4.78, 5) is 14.7. The second kappa shape index (κ2) is 7.25. The molecule has 0 saturated carbocycles. The van der Waals surface area contributed by atoms with Gasteiger partial charge in [0.1, 0.15) is 17.3 Å². The second-order valence-corrected chi connectivity index (χ2v) is 6.26. The molecule has 1 atom stereocenters. The quantitative estimate of drug-likeness (QED) is 0.712. The maximum atomic E-state index is 14.0. The Labute approximate surface area is 148 Å². The molecular weight excluding hydrogens is 340 g/mol. The van der Waals surface area contributed by atoms with Crippen LogP contribution in [0.1, 0.15) is 36.8 Å². The van der Waals surface area contributed by atoms with E-state index in [1.54, 1.807) is 18.6 Å². The molecule has 1 aliphatic rings. The van der Waals surface area contributed by atoms with Crippen LogP contribution in [0, 0.1) is 11.6 Å². The third-order valence-electron chi connectivity index (χ3n) is 4.52. The lowest BCUT2D eigenvalue weighted by atomic mass is 10.0. The zero-order valence-corrected chi connectivity index (χ0v) is 14.0. The standard InChI is InChI=1S/C18H17F2N5O/c19-13-5-4-12(14(20)9-13)11-25-8-2-1-3-16(25)18-23-17(24-26-18)15-10-21-6-7-22-15/h4-7,9-10,16H,1-3,8,11H2. The van der Waals surface area contributed by atoms with E-state index < -0.39 is 11.6 Å². The lowest BCUT2D eigenvalue weighted by Crippen LogP contribution is -2.33. The van der Waals surface area contributed by atoms with Gasteiger partial charge in [0.2, 0.25) is 11.7 Å². The van der Waals surface area contributed by atoms with Gasteiger partial charge in [-0.25, -0.2) is 13.8 Å². The van der Waals surface area contributed by atoms with E-state index in [0.717, 1.165) is 31.9 Å². The van der Waals surface area contributed by atoms with E-state index in [1.807, 2.05) is 0 Å². The molecule has 0 bridgehead atoms. The van der Waals surface area contributed by atoms with E-state index in [-0.39, 0.29) is 6.04 Å². The molecule has 0 amide bonds. The van der Waals surface area contributed by atoms with Gasteiger partial charge < -0.3 is 4.52 Å². The molecule has 3 aromatic rings. The molecule has 0 radical (unpaired) electrons. The lowest BCUT2D eigenvalue weighted by molar-refractivity contribution is 0.110. The molecule has 0 aliphatic carbocycles. The number of halogens is 2. The van der Waals surface area contributed by atoms with Crippen molar-refractivity contribution < 1.29 is 13.3 Å². The van der Waals surface area contributed by atoms with Gasteiger partial charge >= 0.3 is 0 Å². The minimum atomic E-state index is -0.577. The Morgan fingerprint density at radius 2 is 2.12 bits per heavy atom. The van der Waals surface area contributed by atoms with Crippen molar-refractivity contribution in [1.29, 1.82) is 0 Å². The summed E-state index contributed by atoms with van der Waals surface area (Å²) < 4.78 is 32.6. The van der Waals surface area contributed by atoms with Crippen molar-refractivity contribution >= 4 is 0 Å².